The number of ketones is 1. The van der Waals surface area contributed by atoms with E-state index in [4.69, 9.17) is 4.52 Å². The number of rotatable bonds is 0. The van der Waals surface area contributed by atoms with E-state index in [-0.39, 0.29) is 5.78 Å². The number of carbonyl (C=O) groups excluding carboxylic acids is 1. The summed E-state index contributed by atoms with van der Waals surface area (Å²) in [6, 6.07) is 9.40. The molecule has 0 saturated carbocycles. The fourth-order valence-electron chi connectivity index (χ4n) is 2.70. The van der Waals surface area contributed by atoms with Crippen molar-refractivity contribution >= 4 is 32.6 Å². The summed E-state index contributed by atoms with van der Waals surface area (Å²) in [6.07, 6.45) is 0. The Balaban J connectivity index is 2.28. The summed E-state index contributed by atoms with van der Waals surface area (Å²) in [4.78, 5) is 12.6. The largest absolute Gasteiger partial charge is 0.355 e. The van der Waals surface area contributed by atoms with E-state index < -0.39 is 0 Å². The second-order valence-corrected chi connectivity index (χ2v) is 5.51. The molecule has 0 saturated heterocycles. The molecule has 0 unspecified atom stereocenters. The molecule has 1 aliphatic rings. The molecule has 4 rings (SSSR count). The van der Waals surface area contributed by atoms with Gasteiger partial charge in [-0.05, 0) is 34.5 Å². The van der Waals surface area contributed by atoms with Gasteiger partial charge in [-0.3, -0.25) is 4.79 Å². The fraction of sp³-hybridized carbons (Fsp3) is 0.0667. The molecule has 19 heavy (non-hydrogen) atoms. The Bertz CT molecular complexity index is 864. The van der Waals surface area contributed by atoms with Crippen LogP contribution in [-0.4, -0.2) is 10.9 Å². The van der Waals surface area contributed by atoms with E-state index in [9.17, 15) is 4.79 Å². The van der Waals surface area contributed by atoms with E-state index in [0.717, 1.165) is 21.0 Å². The minimum absolute atomic E-state index is 0.0429. The first-order valence-corrected chi connectivity index (χ1v) is 6.70. The molecule has 3 nitrogen and oxygen atoms in total. The van der Waals surface area contributed by atoms with E-state index in [2.05, 4.69) is 21.1 Å². The van der Waals surface area contributed by atoms with Crippen LogP contribution in [0.3, 0.4) is 0 Å². The highest BCUT2D eigenvalue weighted by Gasteiger charge is 2.30. The number of nitrogens with zero attached hydrogens (tertiary/aromatic N) is 1. The summed E-state index contributed by atoms with van der Waals surface area (Å²) in [5.74, 6) is 0.728. The summed E-state index contributed by atoms with van der Waals surface area (Å²) in [7, 11) is 0. The predicted molar refractivity (Wildman–Crippen MR) is 75.3 cm³/mol. The van der Waals surface area contributed by atoms with Gasteiger partial charge in [0.15, 0.2) is 11.5 Å². The van der Waals surface area contributed by atoms with Gasteiger partial charge in [0, 0.05) is 21.2 Å². The maximum absolute atomic E-state index is 12.6. The number of hydrogen-bond donors (Lipinski definition) is 0. The van der Waals surface area contributed by atoms with Gasteiger partial charge in [0.05, 0.1) is 5.39 Å². The lowest BCUT2D eigenvalue weighted by Crippen LogP contribution is -2.10. The van der Waals surface area contributed by atoms with Crippen LogP contribution >= 0.6 is 15.9 Å². The van der Waals surface area contributed by atoms with Crippen LogP contribution in [0.2, 0.25) is 0 Å². The lowest BCUT2D eigenvalue weighted by atomic mass is 9.86. The van der Waals surface area contributed by atoms with Crippen molar-refractivity contribution in [1.29, 1.82) is 0 Å². The van der Waals surface area contributed by atoms with E-state index >= 15 is 0 Å². The van der Waals surface area contributed by atoms with E-state index in [1.54, 1.807) is 0 Å². The van der Waals surface area contributed by atoms with Gasteiger partial charge in [0.1, 0.15) is 5.52 Å². The SMILES string of the molecule is Cc1cc(Br)c2noc3c2c1C(=O)c1ccccc1-3. The zero-order valence-electron chi connectivity index (χ0n) is 10.0. The summed E-state index contributed by atoms with van der Waals surface area (Å²) >= 11 is 3.47. The highest BCUT2D eigenvalue weighted by Crippen LogP contribution is 2.42. The van der Waals surface area contributed by atoms with Crippen molar-refractivity contribution < 1.29 is 9.32 Å². The molecule has 0 fully saturated rings. The number of fused-ring (bicyclic) bond motifs is 2. The predicted octanol–water partition coefficient (Wildman–Crippen LogP) is 4.11. The second kappa shape index (κ2) is 3.54. The Morgan fingerprint density at radius 1 is 1.21 bits per heavy atom. The van der Waals surface area contributed by atoms with E-state index in [1.165, 1.54) is 0 Å². The second-order valence-electron chi connectivity index (χ2n) is 4.66. The number of aromatic nitrogens is 1. The fourth-order valence-corrected chi connectivity index (χ4v) is 3.32. The Labute approximate surface area is 117 Å². The average molecular weight is 314 g/mol. The minimum Gasteiger partial charge on any atom is -0.355 e. The maximum atomic E-state index is 12.6. The van der Waals surface area contributed by atoms with Crippen LogP contribution in [0.4, 0.5) is 0 Å². The summed E-state index contributed by atoms with van der Waals surface area (Å²) < 4.78 is 6.33. The minimum atomic E-state index is 0.0429. The van der Waals surface area contributed by atoms with Gasteiger partial charge < -0.3 is 4.52 Å². The van der Waals surface area contributed by atoms with Gasteiger partial charge in [-0.2, -0.15) is 0 Å². The van der Waals surface area contributed by atoms with Crippen molar-refractivity contribution in [1.82, 2.24) is 5.16 Å². The zero-order valence-corrected chi connectivity index (χ0v) is 11.6. The quantitative estimate of drug-likeness (QED) is 0.490. The first-order chi connectivity index (χ1) is 9.18. The standard InChI is InChI=1S/C15H8BrNO2/c1-7-6-10(16)13-12-11(7)14(18)8-4-2-3-5-9(8)15(12)19-17-13/h2-6H,1H3. The van der Waals surface area contributed by atoms with Gasteiger partial charge in [-0.1, -0.05) is 29.4 Å². The molecule has 0 N–H and O–H groups in total. The number of carbonyl (C=O) groups is 1. The number of halogens is 1. The molecule has 1 aliphatic carbocycles. The van der Waals surface area contributed by atoms with Crippen LogP contribution in [-0.2, 0) is 0 Å². The van der Waals surface area contributed by atoms with Crippen molar-refractivity contribution in [2.75, 3.05) is 0 Å². The molecule has 0 spiro atoms. The molecule has 0 bridgehead atoms. The molecule has 3 aromatic rings. The molecule has 92 valence electrons. The Kier molecular flexibility index (Phi) is 2.04. The smallest absolute Gasteiger partial charge is 0.194 e. The number of hydrogen-bond acceptors (Lipinski definition) is 3. The monoisotopic (exact) mass is 313 g/mol. The first-order valence-electron chi connectivity index (χ1n) is 5.91. The molecule has 0 radical (unpaired) electrons. The number of aryl methyl sites for hydroxylation is 1. The molecule has 4 heteroatoms. The normalized spacial score (nSPS) is 12.8. The highest BCUT2D eigenvalue weighted by molar-refractivity contribution is 9.10. The molecule has 0 aliphatic heterocycles. The first kappa shape index (κ1) is 10.9. The molecule has 0 atom stereocenters. The third-order valence-corrected chi connectivity index (χ3v) is 4.15. The molecular formula is C15H8BrNO2. The van der Waals surface area contributed by atoms with Gasteiger partial charge in [0.25, 0.3) is 0 Å². The molecule has 0 amide bonds. The van der Waals surface area contributed by atoms with Crippen molar-refractivity contribution in [3.8, 4) is 11.3 Å². The van der Waals surface area contributed by atoms with Crippen LogP contribution in [0.1, 0.15) is 21.5 Å². The summed E-state index contributed by atoms with van der Waals surface area (Å²) in [6.45, 7) is 1.93. The lowest BCUT2D eigenvalue weighted by Gasteiger charge is -2.15. The van der Waals surface area contributed by atoms with E-state index in [0.29, 0.717) is 22.4 Å². The van der Waals surface area contributed by atoms with Gasteiger partial charge in [-0.25, -0.2) is 0 Å². The van der Waals surface area contributed by atoms with Gasteiger partial charge in [-0.15, -0.1) is 0 Å². The van der Waals surface area contributed by atoms with E-state index in [1.807, 2.05) is 37.3 Å². The Morgan fingerprint density at radius 2 is 1.95 bits per heavy atom. The lowest BCUT2D eigenvalue weighted by molar-refractivity contribution is 0.103. The van der Waals surface area contributed by atoms with Crippen molar-refractivity contribution in [3.63, 3.8) is 0 Å². The Morgan fingerprint density at radius 3 is 2.74 bits per heavy atom. The zero-order chi connectivity index (χ0) is 13.1. The van der Waals surface area contributed by atoms with Crippen molar-refractivity contribution in [2.24, 2.45) is 0 Å². The van der Waals surface area contributed by atoms with Gasteiger partial charge in [0.2, 0.25) is 0 Å². The maximum Gasteiger partial charge on any atom is 0.194 e. The third-order valence-electron chi connectivity index (χ3n) is 3.55. The van der Waals surface area contributed by atoms with Crippen LogP contribution < -0.4 is 0 Å². The third kappa shape index (κ3) is 1.27. The van der Waals surface area contributed by atoms with Crippen molar-refractivity contribution in [2.45, 2.75) is 6.92 Å². The Hall–Kier alpha value is -1.94. The van der Waals surface area contributed by atoms with Crippen LogP contribution in [0.5, 0.6) is 0 Å². The number of benzene rings is 2. The molecule has 1 heterocycles. The van der Waals surface area contributed by atoms with Crippen LogP contribution in [0, 0.1) is 6.92 Å². The summed E-state index contributed by atoms with van der Waals surface area (Å²) in [5.41, 5.74) is 3.84. The average Bonchev–Trinajstić information content (AvgIpc) is 2.83. The highest BCUT2D eigenvalue weighted by atomic mass is 79.9. The molecular weight excluding hydrogens is 306 g/mol. The van der Waals surface area contributed by atoms with Crippen LogP contribution in [0.15, 0.2) is 39.3 Å². The summed E-state index contributed by atoms with van der Waals surface area (Å²) in [5, 5.41) is 4.91. The van der Waals surface area contributed by atoms with Crippen LogP contribution in [0.25, 0.3) is 22.2 Å². The van der Waals surface area contributed by atoms with Gasteiger partial charge >= 0.3 is 0 Å². The molecule has 1 aromatic heterocycles. The molecule has 2 aromatic carbocycles. The topological polar surface area (TPSA) is 43.1 Å². The van der Waals surface area contributed by atoms with Crippen molar-refractivity contribution in [3.05, 3.63) is 51.5 Å².